The number of amides is 2. The van der Waals surface area contributed by atoms with E-state index < -0.39 is 57.3 Å². The van der Waals surface area contributed by atoms with Gasteiger partial charge >= 0.3 is 22.5 Å². The largest absolute Gasteiger partial charge is 0.491 e. The molecular formula is C23H26ClF3N4O8S. The van der Waals surface area contributed by atoms with Crippen molar-refractivity contribution in [2.45, 2.75) is 25.6 Å². The van der Waals surface area contributed by atoms with E-state index in [1.807, 2.05) is 0 Å². The molecule has 1 aromatic heterocycles. The molecule has 1 aliphatic heterocycles. The Morgan fingerprint density at radius 3 is 2.60 bits per heavy atom. The molecule has 1 saturated heterocycles. The summed E-state index contributed by atoms with van der Waals surface area (Å²) >= 11 is 5.97. The SMILES string of the molecule is COCCOc1ccc(CN(C(=O)O)S(=O)(=O)N2CCCC(C(N)=O)C2)c(Oc2ncc(C(F)(F)F)cc2Cl)c1. The maximum atomic E-state index is 13.3. The molecule has 0 bridgehead atoms. The highest BCUT2D eigenvalue weighted by Crippen LogP contribution is 2.37. The Morgan fingerprint density at radius 1 is 1.27 bits per heavy atom. The lowest BCUT2D eigenvalue weighted by Crippen LogP contribution is -2.51. The third kappa shape index (κ3) is 7.65. The third-order valence-electron chi connectivity index (χ3n) is 5.85. The van der Waals surface area contributed by atoms with Crippen molar-refractivity contribution in [1.29, 1.82) is 0 Å². The molecule has 1 fully saturated rings. The Hall–Kier alpha value is -3.34. The molecule has 17 heteroatoms. The minimum Gasteiger partial charge on any atom is -0.491 e. The molecule has 3 N–H and O–H groups in total. The van der Waals surface area contributed by atoms with Gasteiger partial charge in [0, 0.05) is 38.0 Å². The number of aromatic nitrogens is 1. The van der Waals surface area contributed by atoms with E-state index in [-0.39, 0.29) is 47.7 Å². The predicted octanol–water partition coefficient (Wildman–Crippen LogP) is 3.49. The molecule has 220 valence electrons. The first-order valence-corrected chi connectivity index (χ1v) is 13.5. The molecule has 0 spiro atoms. The second-order valence-electron chi connectivity index (χ2n) is 8.62. The van der Waals surface area contributed by atoms with Gasteiger partial charge in [-0.3, -0.25) is 4.79 Å². The fourth-order valence-electron chi connectivity index (χ4n) is 3.78. The summed E-state index contributed by atoms with van der Waals surface area (Å²) in [6.07, 6.45) is -5.39. The Bertz CT molecular complexity index is 1350. The van der Waals surface area contributed by atoms with Gasteiger partial charge in [0.05, 0.1) is 24.6 Å². The number of nitrogens with zero attached hydrogens (tertiary/aromatic N) is 3. The van der Waals surface area contributed by atoms with Crippen LogP contribution in [0.5, 0.6) is 17.4 Å². The Kier molecular flexibility index (Phi) is 10.0. The van der Waals surface area contributed by atoms with Crippen molar-refractivity contribution in [3.05, 3.63) is 46.6 Å². The number of ether oxygens (including phenoxy) is 3. The van der Waals surface area contributed by atoms with Gasteiger partial charge in [-0.2, -0.15) is 30.2 Å². The van der Waals surface area contributed by atoms with Crippen molar-refractivity contribution < 1.29 is 50.5 Å². The first kappa shape index (κ1) is 31.2. The molecule has 40 heavy (non-hydrogen) atoms. The van der Waals surface area contributed by atoms with E-state index in [4.69, 9.17) is 31.5 Å². The average Bonchev–Trinajstić information content (AvgIpc) is 2.88. The highest BCUT2D eigenvalue weighted by atomic mass is 35.5. The number of carbonyl (C=O) groups excluding carboxylic acids is 1. The molecule has 12 nitrogen and oxygen atoms in total. The van der Waals surface area contributed by atoms with E-state index in [1.54, 1.807) is 0 Å². The number of carbonyl (C=O) groups is 2. The first-order chi connectivity index (χ1) is 18.7. The summed E-state index contributed by atoms with van der Waals surface area (Å²) in [6.45, 7) is -0.752. The number of alkyl halides is 3. The number of benzene rings is 1. The van der Waals surface area contributed by atoms with Gasteiger partial charge in [0.15, 0.2) is 0 Å². The standard InChI is InChI=1S/C23H26ClF3N4O8S/c1-37-7-8-38-17-5-4-14(19(10-17)39-21-18(24)9-16(11-29-21)23(25,26)27)13-31(22(33)34)40(35,36)30-6-2-3-15(12-30)20(28)32/h4-5,9-11,15H,2-3,6-8,12-13H2,1H3,(H2,28,32)(H,33,34). The molecular weight excluding hydrogens is 585 g/mol. The number of hydrogen-bond donors (Lipinski definition) is 2. The number of nitrogens with two attached hydrogens (primary N) is 1. The van der Waals surface area contributed by atoms with Crippen molar-refractivity contribution in [3.8, 4) is 17.4 Å². The molecule has 1 aliphatic rings. The van der Waals surface area contributed by atoms with Crippen LogP contribution in [0, 0.1) is 5.92 Å². The molecule has 2 amide bonds. The summed E-state index contributed by atoms with van der Waals surface area (Å²) in [6, 6.07) is 4.61. The maximum Gasteiger partial charge on any atom is 0.422 e. The average molecular weight is 611 g/mol. The number of hydrogen-bond acceptors (Lipinski definition) is 8. The van der Waals surface area contributed by atoms with Crippen LogP contribution >= 0.6 is 11.6 Å². The van der Waals surface area contributed by atoms with E-state index in [2.05, 4.69) is 4.98 Å². The zero-order chi connectivity index (χ0) is 29.7. The number of piperidine rings is 1. The normalized spacial score (nSPS) is 16.4. The number of rotatable bonds is 11. The molecule has 1 atom stereocenters. The van der Waals surface area contributed by atoms with Gasteiger partial charge in [-0.05, 0) is 31.0 Å². The first-order valence-electron chi connectivity index (χ1n) is 11.7. The summed E-state index contributed by atoms with van der Waals surface area (Å²) in [4.78, 5) is 27.4. The molecule has 1 aromatic carbocycles. The zero-order valence-electron chi connectivity index (χ0n) is 21.1. The van der Waals surface area contributed by atoms with Crippen molar-refractivity contribution in [3.63, 3.8) is 0 Å². The minimum atomic E-state index is -4.71. The topological polar surface area (TPSA) is 162 Å². The third-order valence-corrected chi connectivity index (χ3v) is 7.95. The summed E-state index contributed by atoms with van der Waals surface area (Å²) in [7, 11) is -3.19. The lowest BCUT2D eigenvalue weighted by molar-refractivity contribution is -0.137. The van der Waals surface area contributed by atoms with Gasteiger partial charge in [0.1, 0.15) is 23.1 Å². The molecule has 0 aliphatic carbocycles. The molecule has 3 rings (SSSR count). The maximum absolute atomic E-state index is 13.3. The summed E-state index contributed by atoms with van der Waals surface area (Å²) < 4.78 is 82.8. The van der Waals surface area contributed by atoms with Crippen LogP contribution in [0.25, 0.3) is 0 Å². The Morgan fingerprint density at radius 2 is 2.00 bits per heavy atom. The fraction of sp³-hybridized carbons (Fsp3) is 0.435. The Labute approximate surface area is 232 Å². The quantitative estimate of drug-likeness (QED) is 0.363. The van der Waals surface area contributed by atoms with Gasteiger partial charge in [-0.1, -0.05) is 11.6 Å². The zero-order valence-corrected chi connectivity index (χ0v) is 22.6. The lowest BCUT2D eigenvalue weighted by Gasteiger charge is -2.33. The van der Waals surface area contributed by atoms with Crippen LogP contribution in [0.2, 0.25) is 5.02 Å². The fourth-order valence-corrected chi connectivity index (χ4v) is 5.49. The molecule has 1 unspecified atom stereocenters. The highest BCUT2D eigenvalue weighted by molar-refractivity contribution is 7.87. The molecule has 0 radical (unpaired) electrons. The van der Waals surface area contributed by atoms with E-state index in [0.29, 0.717) is 25.1 Å². The van der Waals surface area contributed by atoms with Crippen molar-refractivity contribution >= 4 is 33.8 Å². The van der Waals surface area contributed by atoms with Crippen molar-refractivity contribution in [2.24, 2.45) is 11.7 Å². The molecule has 2 heterocycles. The van der Waals surface area contributed by atoms with Crippen LogP contribution in [-0.4, -0.2) is 72.5 Å². The summed E-state index contributed by atoms with van der Waals surface area (Å²) in [5, 5.41) is 9.31. The summed E-state index contributed by atoms with van der Waals surface area (Å²) in [5.41, 5.74) is 4.19. The summed E-state index contributed by atoms with van der Waals surface area (Å²) in [5.74, 6) is -1.92. The van der Waals surface area contributed by atoms with E-state index in [1.165, 1.54) is 25.3 Å². The van der Waals surface area contributed by atoms with Gasteiger partial charge in [0.2, 0.25) is 11.8 Å². The molecule has 0 saturated carbocycles. The Balaban J connectivity index is 1.97. The number of halogens is 4. The monoisotopic (exact) mass is 610 g/mol. The second kappa shape index (κ2) is 12.9. The van der Waals surface area contributed by atoms with Crippen LogP contribution in [0.3, 0.4) is 0 Å². The number of methoxy groups -OCH3 is 1. The van der Waals surface area contributed by atoms with E-state index in [0.717, 1.165) is 4.31 Å². The van der Waals surface area contributed by atoms with Crippen LogP contribution < -0.4 is 15.2 Å². The van der Waals surface area contributed by atoms with Gasteiger partial charge < -0.3 is 25.1 Å². The smallest absolute Gasteiger partial charge is 0.422 e. The van der Waals surface area contributed by atoms with Crippen LogP contribution in [0.1, 0.15) is 24.0 Å². The van der Waals surface area contributed by atoms with Gasteiger partial charge in [-0.15, -0.1) is 0 Å². The number of pyridine rings is 1. The van der Waals surface area contributed by atoms with Gasteiger partial charge in [0.25, 0.3) is 0 Å². The van der Waals surface area contributed by atoms with Crippen molar-refractivity contribution in [1.82, 2.24) is 13.6 Å². The van der Waals surface area contributed by atoms with Crippen LogP contribution in [0.4, 0.5) is 18.0 Å². The predicted molar refractivity (Wildman–Crippen MR) is 134 cm³/mol. The lowest BCUT2D eigenvalue weighted by atomic mass is 9.99. The minimum absolute atomic E-state index is 0.00806. The molecule has 2 aromatic rings. The van der Waals surface area contributed by atoms with Crippen LogP contribution in [-0.2, 0) is 32.5 Å². The van der Waals surface area contributed by atoms with Gasteiger partial charge in [-0.25, -0.2) is 9.78 Å². The number of primary amides is 1. The second-order valence-corrected chi connectivity index (χ2v) is 10.9. The van der Waals surface area contributed by atoms with E-state index >= 15 is 0 Å². The van der Waals surface area contributed by atoms with Crippen molar-refractivity contribution in [2.75, 3.05) is 33.4 Å². The number of carboxylic acid groups (broad SMARTS) is 1. The van der Waals surface area contributed by atoms with E-state index in [9.17, 15) is 36.3 Å². The highest BCUT2D eigenvalue weighted by Gasteiger charge is 2.38. The van der Waals surface area contributed by atoms with Crippen LogP contribution in [0.15, 0.2) is 30.5 Å².